The van der Waals surface area contributed by atoms with Gasteiger partial charge in [-0.05, 0) is 23.6 Å². The number of rotatable bonds is 5. The van der Waals surface area contributed by atoms with Crippen molar-refractivity contribution in [2.45, 2.75) is 20.8 Å². The number of aliphatic carboxylic acids is 1. The Kier molecular flexibility index (Phi) is 3.98. The minimum Gasteiger partial charge on any atom is -0.496 e. The maximum atomic E-state index is 12.5. The molecule has 0 aliphatic heterocycles. The molecule has 3 rings (SSSR count). The van der Waals surface area contributed by atoms with Gasteiger partial charge in [0.2, 0.25) is 11.8 Å². The van der Waals surface area contributed by atoms with E-state index in [1.165, 1.54) is 7.11 Å². The summed E-state index contributed by atoms with van der Waals surface area (Å²) in [6, 6.07) is 5.01. The molecule has 2 aromatic rings. The van der Waals surface area contributed by atoms with Crippen molar-refractivity contribution in [3.05, 3.63) is 24.1 Å². The highest BCUT2D eigenvalue weighted by molar-refractivity contribution is 6.00. The molecule has 2 unspecified atom stereocenters. The molecule has 1 heterocycles. The summed E-state index contributed by atoms with van der Waals surface area (Å²) in [6.45, 7) is 5.23. The third-order valence-electron chi connectivity index (χ3n) is 4.60. The van der Waals surface area contributed by atoms with Gasteiger partial charge in [0.25, 0.3) is 5.89 Å². The summed E-state index contributed by atoms with van der Waals surface area (Å²) >= 11 is 0. The van der Waals surface area contributed by atoms with Gasteiger partial charge >= 0.3 is 5.97 Å². The van der Waals surface area contributed by atoms with Gasteiger partial charge in [-0.2, -0.15) is 0 Å². The van der Waals surface area contributed by atoms with E-state index >= 15 is 0 Å². The fourth-order valence-electron chi connectivity index (χ4n) is 3.17. The third-order valence-corrected chi connectivity index (χ3v) is 4.60. The number of carbonyl (C=O) groups excluding carboxylic acids is 1. The first-order chi connectivity index (χ1) is 11.8. The van der Waals surface area contributed by atoms with Crippen LogP contribution in [0.3, 0.4) is 0 Å². The SMILES string of the molecule is COc1ccc(NC(=O)C2C(C(=O)O)C2(C)C)cc1-c1nnc(C)o1. The van der Waals surface area contributed by atoms with Gasteiger partial charge < -0.3 is 19.6 Å². The Morgan fingerprint density at radius 1 is 1.28 bits per heavy atom. The first-order valence-electron chi connectivity index (χ1n) is 7.78. The standard InChI is InChI=1S/C17H19N3O5/c1-8-19-20-15(25-8)10-7-9(5-6-11(10)24-4)18-14(21)12-13(16(22)23)17(12,2)3/h5-7,12-13H,1-4H3,(H,18,21)(H,22,23). The third kappa shape index (κ3) is 2.95. The maximum absolute atomic E-state index is 12.5. The molecule has 8 heteroatoms. The lowest BCUT2D eigenvalue weighted by molar-refractivity contribution is -0.140. The van der Waals surface area contributed by atoms with Gasteiger partial charge in [-0.15, -0.1) is 10.2 Å². The first-order valence-corrected chi connectivity index (χ1v) is 7.78. The normalized spacial score (nSPS) is 20.8. The molecule has 0 spiro atoms. The summed E-state index contributed by atoms with van der Waals surface area (Å²) in [7, 11) is 1.52. The van der Waals surface area contributed by atoms with Crippen LogP contribution in [0.4, 0.5) is 5.69 Å². The summed E-state index contributed by atoms with van der Waals surface area (Å²) in [5, 5.41) is 19.7. The van der Waals surface area contributed by atoms with Crippen LogP contribution < -0.4 is 10.1 Å². The van der Waals surface area contributed by atoms with E-state index in [1.807, 2.05) is 0 Å². The number of aromatic nitrogens is 2. The Morgan fingerprint density at radius 3 is 2.52 bits per heavy atom. The first kappa shape index (κ1) is 16.9. The molecule has 8 nitrogen and oxygen atoms in total. The Hall–Kier alpha value is -2.90. The van der Waals surface area contributed by atoms with Gasteiger partial charge in [0.1, 0.15) is 5.75 Å². The van der Waals surface area contributed by atoms with Crippen molar-refractivity contribution in [3.8, 4) is 17.2 Å². The molecular formula is C17H19N3O5. The molecular weight excluding hydrogens is 326 g/mol. The number of carbonyl (C=O) groups is 2. The van der Waals surface area contributed by atoms with Crippen molar-refractivity contribution in [1.82, 2.24) is 10.2 Å². The van der Waals surface area contributed by atoms with Crippen LogP contribution in [0.2, 0.25) is 0 Å². The fourth-order valence-corrected chi connectivity index (χ4v) is 3.17. The van der Waals surface area contributed by atoms with E-state index in [0.717, 1.165) is 0 Å². The predicted molar refractivity (Wildman–Crippen MR) is 88.0 cm³/mol. The molecule has 25 heavy (non-hydrogen) atoms. The van der Waals surface area contributed by atoms with Crippen LogP contribution in [-0.2, 0) is 9.59 Å². The number of nitrogens with zero attached hydrogens (tertiary/aromatic N) is 2. The van der Waals surface area contributed by atoms with Gasteiger partial charge in [-0.1, -0.05) is 13.8 Å². The van der Waals surface area contributed by atoms with E-state index in [0.29, 0.717) is 22.9 Å². The van der Waals surface area contributed by atoms with Crippen molar-refractivity contribution < 1.29 is 23.8 Å². The van der Waals surface area contributed by atoms with Crippen LogP contribution in [0, 0.1) is 24.2 Å². The van der Waals surface area contributed by atoms with Gasteiger partial charge in [-0.25, -0.2) is 0 Å². The fraction of sp³-hybridized carbons (Fsp3) is 0.412. The zero-order chi connectivity index (χ0) is 18.4. The van der Waals surface area contributed by atoms with E-state index < -0.39 is 23.2 Å². The Bertz CT molecular complexity index is 843. The zero-order valence-electron chi connectivity index (χ0n) is 14.4. The highest BCUT2D eigenvalue weighted by Gasteiger charge is 2.65. The number of aryl methyl sites for hydroxylation is 1. The van der Waals surface area contributed by atoms with E-state index in [4.69, 9.17) is 9.15 Å². The van der Waals surface area contributed by atoms with E-state index in [1.54, 1.807) is 39.0 Å². The van der Waals surface area contributed by atoms with Gasteiger partial charge in [0, 0.05) is 12.6 Å². The number of hydrogen-bond donors (Lipinski definition) is 2. The number of ether oxygens (including phenoxy) is 1. The Morgan fingerprint density at radius 2 is 2.00 bits per heavy atom. The molecule has 1 aromatic heterocycles. The second-order valence-corrected chi connectivity index (χ2v) is 6.65. The second-order valence-electron chi connectivity index (χ2n) is 6.65. The number of nitrogens with one attached hydrogen (secondary N) is 1. The largest absolute Gasteiger partial charge is 0.496 e. The molecule has 1 aliphatic carbocycles. The van der Waals surface area contributed by atoms with E-state index in [9.17, 15) is 14.7 Å². The molecule has 0 saturated heterocycles. The average molecular weight is 345 g/mol. The lowest BCUT2D eigenvalue weighted by atomic mass is 10.1. The highest BCUT2D eigenvalue weighted by Crippen LogP contribution is 2.58. The van der Waals surface area contributed by atoms with Crippen LogP contribution in [0.1, 0.15) is 19.7 Å². The maximum Gasteiger partial charge on any atom is 0.307 e. The number of hydrogen-bond acceptors (Lipinski definition) is 6. The summed E-state index contributed by atoms with van der Waals surface area (Å²) in [5.41, 5.74) is 0.490. The summed E-state index contributed by atoms with van der Waals surface area (Å²) < 4.78 is 10.7. The Labute approximate surface area is 144 Å². The van der Waals surface area contributed by atoms with E-state index in [-0.39, 0.29) is 11.8 Å². The molecule has 1 saturated carbocycles. The van der Waals surface area contributed by atoms with Gasteiger partial charge in [0.15, 0.2) is 0 Å². The number of anilines is 1. The molecule has 1 aliphatic rings. The molecule has 0 radical (unpaired) electrons. The highest BCUT2D eigenvalue weighted by atomic mass is 16.5. The van der Waals surface area contributed by atoms with Crippen molar-refractivity contribution in [2.24, 2.45) is 17.3 Å². The number of amides is 1. The van der Waals surface area contributed by atoms with Crippen LogP contribution in [0.15, 0.2) is 22.6 Å². The second kappa shape index (κ2) is 5.87. The molecule has 1 fully saturated rings. The topological polar surface area (TPSA) is 115 Å². The van der Waals surface area contributed by atoms with Crippen LogP contribution in [0.25, 0.3) is 11.5 Å². The predicted octanol–water partition coefficient (Wildman–Crippen LogP) is 2.35. The van der Waals surface area contributed by atoms with Gasteiger partial charge in [0.05, 0.1) is 24.5 Å². The number of carboxylic acids is 1. The van der Waals surface area contributed by atoms with Crippen molar-refractivity contribution >= 4 is 17.6 Å². The molecule has 0 bridgehead atoms. The Balaban J connectivity index is 1.84. The van der Waals surface area contributed by atoms with Crippen LogP contribution in [0.5, 0.6) is 5.75 Å². The van der Waals surface area contributed by atoms with Crippen molar-refractivity contribution in [3.63, 3.8) is 0 Å². The van der Waals surface area contributed by atoms with Crippen LogP contribution >= 0.6 is 0 Å². The van der Waals surface area contributed by atoms with Gasteiger partial charge in [-0.3, -0.25) is 9.59 Å². The lowest BCUT2D eigenvalue weighted by Crippen LogP contribution is -2.17. The summed E-state index contributed by atoms with van der Waals surface area (Å²) in [6.07, 6.45) is 0. The number of methoxy groups -OCH3 is 1. The minimum absolute atomic E-state index is 0.278. The molecule has 2 N–H and O–H groups in total. The van der Waals surface area contributed by atoms with E-state index in [2.05, 4.69) is 15.5 Å². The quantitative estimate of drug-likeness (QED) is 0.854. The van der Waals surface area contributed by atoms with Crippen molar-refractivity contribution in [2.75, 3.05) is 12.4 Å². The lowest BCUT2D eigenvalue weighted by Gasteiger charge is -2.10. The summed E-state index contributed by atoms with van der Waals surface area (Å²) in [5.74, 6) is -1.31. The molecule has 1 amide bonds. The van der Waals surface area contributed by atoms with Crippen molar-refractivity contribution in [1.29, 1.82) is 0 Å². The smallest absolute Gasteiger partial charge is 0.307 e. The number of benzene rings is 1. The summed E-state index contributed by atoms with van der Waals surface area (Å²) in [4.78, 5) is 23.7. The average Bonchev–Trinajstić information content (AvgIpc) is 2.89. The monoisotopic (exact) mass is 345 g/mol. The number of carboxylic acid groups (broad SMARTS) is 1. The van der Waals surface area contributed by atoms with Crippen LogP contribution in [-0.4, -0.2) is 34.3 Å². The molecule has 1 aromatic carbocycles. The molecule has 132 valence electrons. The zero-order valence-corrected chi connectivity index (χ0v) is 14.4. The molecule has 2 atom stereocenters. The minimum atomic E-state index is -0.957.